The second-order valence-corrected chi connectivity index (χ2v) is 1.39. The predicted octanol–water partition coefficient (Wildman–Crippen LogP) is 1.39. The zero-order valence-corrected chi connectivity index (χ0v) is 8.37. The van der Waals surface area contributed by atoms with E-state index in [0.717, 1.165) is 5.54 Å². The maximum atomic E-state index is 9.65. The van der Waals surface area contributed by atoms with E-state index in [4.69, 9.17) is 28.3 Å². The molecule has 0 aromatic carbocycles. The van der Waals surface area contributed by atoms with Crippen LogP contribution in [0.3, 0.4) is 0 Å². The molecule has 5 heteroatoms. The van der Waals surface area contributed by atoms with Gasteiger partial charge < -0.3 is 5.11 Å². The van der Waals surface area contributed by atoms with Crippen molar-refractivity contribution in [2.45, 2.75) is 0 Å². The van der Waals surface area contributed by atoms with Crippen molar-refractivity contribution in [3.8, 4) is 0 Å². The van der Waals surface area contributed by atoms with E-state index < -0.39 is 5.97 Å². The molecule has 0 heterocycles. The van der Waals surface area contributed by atoms with Gasteiger partial charge in [-0.15, -0.1) is 0 Å². The van der Waals surface area contributed by atoms with Crippen molar-refractivity contribution < 1.29 is 29.4 Å². The minimum atomic E-state index is -1.21. The Bertz CT molecular complexity index is 112. The molecule has 0 atom stereocenters. The molecule has 0 aliphatic carbocycles. The monoisotopic (exact) mass is 204 g/mol. The second kappa shape index (κ2) is 5.55. The summed E-state index contributed by atoms with van der Waals surface area (Å²) in [5, 5.41) is 7.52. The van der Waals surface area contributed by atoms with E-state index in [1.165, 1.54) is 0 Å². The van der Waals surface area contributed by atoms with Crippen LogP contribution in [-0.2, 0) is 24.3 Å². The largest absolute Gasteiger partial charge is 0.477 e. The van der Waals surface area contributed by atoms with Crippen molar-refractivity contribution in [1.29, 1.82) is 0 Å². The van der Waals surface area contributed by atoms with Crippen LogP contribution in [0.2, 0.25) is 0 Å². The number of carboxylic acids is 1. The summed E-state index contributed by atoms with van der Waals surface area (Å²) in [5.41, 5.74) is 0.796. The van der Waals surface area contributed by atoms with E-state index in [1.807, 2.05) is 0 Å². The minimum Gasteiger partial charge on any atom is -0.477 e. The quantitative estimate of drug-likeness (QED) is 0.520. The van der Waals surface area contributed by atoms with Crippen molar-refractivity contribution in [3.63, 3.8) is 0 Å². The van der Waals surface area contributed by atoms with Gasteiger partial charge in [-0.1, -0.05) is 23.2 Å². The standard InChI is InChI=1S/C3H2Cl2O2.Zn/c4-1-2(5)3(6)7;/h1H,(H,6,7);. The molecule has 42 valence electrons. The van der Waals surface area contributed by atoms with E-state index in [1.54, 1.807) is 0 Å². The van der Waals surface area contributed by atoms with Gasteiger partial charge in [-0.25, -0.2) is 4.79 Å². The summed E-state index contributed by atoms with van der Waals surface area (Å²) in [7, 11) is 0. The van der Waals surface area contributed by atoms with Gasteiger partial charge in [0.2, 0.25) is 0 Å². The number of carbonyl (C=O) groups is 1. The molecule has 0 unspecified atom stereocenters. The van der Waals surface area contributed by atoms with E-state index in [9.17, 15) is 4.79 Å². The van der Waals surface area contributed by atoms with Crippen molar-refractivity contribution >= 4 is 29.2 Å². The fraction of sp³-hybridized carbons (Fsp3) is 0. The normalized spacial score (nSPS) is 10.0. The van der Waals surface area contributed by atoms with Crippen LogP contribution in [0, 0.1) is 0 Å². The molecular weight excluding hydrogens is 204 g/mol. The van der Waals surface area contributed by atoms with Crippen LogP contribution in [0.1, 0.15) is 0 Å². The molecule has 8 heavy (non-hydrogen) atoms. The molecule has 0 aliphatic rings. The molecule has 0 radical (unpaired) electrons. The van der Waals surface area contributed by atoms with Crippen molar-refractivity contribution in [1.82, 2.24) is 0 Å². The number of hydrogen-bond donors (Lipinski definition) is 1. The molecule has 2 nitrogen and oxygen atoms in total. The Morgan fingerprint density at radius 1 is 1.62 bits per heavy atom. The van der Waals surface area contributed by atoms with Crippen LogP contribution < -0.4 is 0 Å². The summed E-state index contributed by atoms with van der Waals surface area (Å²) in [5.74, 6) is -1.21. The van der Waals surface area contributed by atoms with Gasteiger partial charge in [0.25, 0.3) is 0 Å². The molecule has 0 spiro atoms. The third-order valence-corrected chi connectivity index (χ3v) is 0.901. The Labute approximate surface area is 69.2 Å². The Morgan fingerprint density at radius 2 is 2.00 bits per heavy atom. The Morgan fingerprint density at radius 3 is 2.00 bits per heavy atom. The number of aliphatic carboxylic acids is 1. The fourth-order valence-electron chi connectivity index (χ4n) is 0.0467. The molecule has 0 bridgehead atoms. The number of carboxylic acid groups (broad SMARTS) is 1. The summed E-state index contributed by atoms with van der Waals surface area (Å²) in [6.07, 6.45) is 0. The first kappa shape index (κ1) is 11.2. The molecular formula is C3H2Cl2O2Zn. The number of rotatable bonds is 1. The summed E-state index contributed by atoms with van der Waals surface area (Å²) < 4.78 is 0. The first-order chi connectivity index (χ1) is 3.18. The average molecular weight is 206 g/mol. The first-order valence-corrected chi connectivity index (χ1v) is 2.19. The van der Waals surface area contributed by atoms with E-state index >= 15 is 0 Å². The van der Waals surface area contributed by atoms with Crippen LogP contribution in [-0.4, -0.2) is 11.1 Å². The zero-order chi connectivity index (χ0) is 5.86. The van der Waals surface area contributed by atoms with Crippen LogP contribution in [0.5, 0.6) is 0 Å². The summed E-state index contributed by atoms with van der Waals surface area (Å²) >= 11 is 9.80. The second-order valence-electron chi connectivity index (χ2n) is 0.762. The van der Waals surface area contributed by atoms with Crippen molar-refractivity contribution in [2.24, 2.45) is 0 Å². The van der Waals surface area contributed by atoms with Gasteiger partial charge in [-0.3, -0.25) is 0 Å². The van der Waals surface area contributed by atoms with Gasteiger partial charge in [-0.05, 0) is 0 Å². The van der Waals surface area contributed by atoms with Crippen LogP contribution in [0.25, 0.3) is 0 Å². The summed E-state index contributed by atoms with van der Waals surface area (Å²) in [4.78, 5) is 9.65. The third-order valence-electron chi connectivity index (χ3n) is 0.300. The van der Waals surface area contributed by atoms with E-state index in [2.05, 4.69) is 0 Å². The fourth-order valence-corrected chi connectivity index (χ4v) is 0.140. The number of hydrogen-bond acceptors (Lipinski definition) is 1. The summed E-state index contributed by atoms with van der Waals surface area (Å²) in [6, 6.07) is 0. The van der Waals surface area contributed by atoms with Crippen molar-refractivity contribution in [3.05, 3.63) is 10.6 Å². The minimum absolute atomic E-state index is 0. The number of halogens is 2. The van der Waals surface area contributed by atoms with Gasteiger partial charge in [-0.2, -0.15) is 0 Å². The molecule has 0 aliphatic heterocycles. The Balaban J connectivity index is 0. The smallest absolute Gasteiger partial charge is 0.348 e. The topological polar surface area (TPSA) is 37.3 Å². The molecule has 0 saturated heterocycles. The van der Waals surface area contributed by atoms with E-state index in [-0.39, 0.29) is 24.5 Å². The Hall–Kier alpha value is 0.413. The molecule has 0 aromatic rings. The SMILES string of the molecule is O=C(O)C(Cl)=CCl.[Zn]. The molecule has 0 amide bonds. The first-order valence-electron chi connectivity index (χ1n) is 1.37. The van der Waals surface area contributed by atoms with Gasteiger partial charge in [0.05, 0.1) is 0 Å². The van der Waals surface area contributed by atoms with Crippen LogP contribution in [0.15, 0.2) is 10.6 Å². The molecule has 0 fully saturated rings. The van der Waals surface area contributed by atoms with Gasteiger partial charge in [0.1, 0.15) is 5.03 Å². The maximum Gasteiger partial charge on any atom is 0.348 e. The molecule has 0 aromatic heterocycles. The maximum absolute atomic E-state index is 9.65. The van der Waals surface area contributed by atoms with Crippen LogP contribution >= 0.6 is 23.2 Å². The van der Waals surface area contributed by atoms with Gasteiger partial charge >= 0.3 is 5.97 Å². The van der Waals surface area contributed by atoms with E-state index in [0.29, 0.717) is 0 Å². The average Bonchev–Trinajstić information content (AvgIpc) is 1.65. The van der Waals surface area contributed by atoms with Crippen LogP contribution in [0.4, 0.5) is 0 Å². The Kier molecular flexibility index (Phi) is 7.80. The summed E-state index contributed by atoms with van der Waals surface area (Å²) in [6.45, 7) is 0. The van der Waals surface area contributed by atoms with Gasteiger partial charge in [0.15, 0.2) is 0 Å². The molecule has 0 saturated carbocycles. The third kappa shape index (κ3) is 4.57. The predicted molar refractivity (Wildman–Crippen MR) is 27.4 cm³/mol. The van der Waals surface area contributed by atoms with Crippen molar-refractivity contribution in [2.75, 3.05) is 0 Å². The van der Waals surface area contributed by atoms with Gasteiger partial charge in [0, 0.05) is 25.0 Å². The molecule has 0 rings (SSSR count). The molecule has 1 N–H and O–H groups in total. The zero-order valence-electron chi connectivity index (χ0n) is 3.90.